The average Bonchev–Trinajstić information content (AvgIpc) is 2.32. The lowest BCUT2D eigenvalue weighted by Gasteiger charge is -2.32. The third-order valence-electron chi connectivity index (χ3n) is 4.05. The van der Waals surface area contributed by atoms with E-state index < -0.39 is 0 Å². The van der Waals surface area contributed by atoms with Gasteiger partial charge in [-0.15, -0.1) is 0 Å². The van der Waals surface area contributed by atoms with Gasteiger partial charge in [0, 0.05) is 0 Å². The smallest absolute Gasteiger partial charge is 0.400 e. The van der Waals surface area contributed by atoms with Crippen LogP contribution in [-0.2, 0) is 14.0 Å². The molecule has 0 N–H and O–H groups in total. The molecular weight excluding hydrogens is 215 g/mol. The van der Waals surface area contributed by atoms with E-state index in [0.29, 0.717) is 12.7 Å². The van der Waals surface area contributed by atoms with E-state index in [1.165, 1.54) is 19.3 Å². The number of ether oxygens (including phenoxy) is 1. The van der Waals surface area contributed by atoms with E-state index in [1.807, 2.05) is 12.1 Å². The maximum absolute atomic E-state index is 5.85. The molecule has 0 spiro atoms. The minimum absolute atomic E-state index is 0.245. The van der Waals surface area contributed by atoms with Crippen LogP contribution < -0.4 is 0 Å². The van der Waals surface area contributed by atoms with Crippen molar-refractivity contribution in [1.82, 2.24) is 0 Å². The summed E-state index contributed by atoms with van der Waals surface area (Å²) in [7, 11) is -0.245. The topological polar surface area (TPSA) is 27.7 Å². The molecule has 2 rings (SSSR count). The quantitative estimate of drug-likeness (QED) is 0.705. The van der Waals surface area contributed by atoms with Crippen molar-refractivity contribution in [3.05, 3.63) is 12.1 Å². The summed E-state index contributed by atoms with van der Waals surface area (Å²) in [5.41, 5.74) is -0.506. The summed E-state index contributed by atoms with van der Waals surface area (Å²) in [6, 6.07) is 0. The molecule has 96 valence electrons. The molecule has 1 saturated carbocycles. The fraction of sp³-hybridized carbons (Fsp3) is 0.846. The summed E-state index contributed by atoms with van der Waals surface area (Å²) in [6.45, 7) is 8.91. The van der Waals surface area contributed by atoms with Crippen molar-refractivity contribution in [2.45, 2.75) is 64.3 Å². The maximum atomic E-state index is 5.85. The molecule has 1 aliphatic carbocycles. The predicted molar refractivity (Wildman–Crippen MR) is 68.8 cm³/mol. The van der Waals surface area contributed by atoms with E-state index >= 15 is 0 Å². The highest BCUT2D eigenvalue weighted by Gasteiger charge is 2.49. The van der Waals surface area contributed by atoms with Gasteiger partial charge in [-0.05, 0) is 47.0 Å². The molecule has 0 aromatic rings. The van der Waals surface area contributed by atoms with Gasteiger partial charge >= 0.3 is 7.12 Å². The normalized spacial score (nSPS) is 27.6. The first-order valence-corrected chi connectivity index (χ1v) is 6.55. The van der Waals surface area contributed by atoms with Crippen LogP contribution in [0.3, 0.4) is 0 Å². The molecule has 1 heterocycles. The van der Waals surface area contributed by atoms with E-state index in [1.54, 1.807) is 0 Å². The van der Waals surface area contributed by atoms with Crippen LogP contribution in [0.1, 0.15) is 47.0 Å². The number of rotatable bonds is 4. The Morgan fingerprint density at radius 1 is 1.18 bits per heavy atom. The van der Waals surface area contributed by atoms with Gasteiger partial charge in [-0.3, -0.25) is 0 Å². The van der Waals surface area contributed by atoms with Crippen LogP contribution in [0.5, 0.6) is 0 Å². The Bertz CT molecular complexity index is 279. The van der Waals surface area contributed by atoms with Crippen molar-refractivity contribution >= 4 is 7.12 Å². The minimum Gasteiger partial charge on any atom is -0.400 e. The van der Waals surface area contributed by atoms with Gasteiger partial charge in [0.2, 0.25) is 0 Å². The SMILES string of the molecule is CC1(C)OB(/C=C/COC2CCC2)OC1(C)C. The third-order valence-corrected chi connectivity index (χ3v) is 4.05. The molecule has 0 unspecified atom stereocenters. The Morgan fingerprint density at radius 2 is 1.76 bits per heavy atom. The second kappa shape index (κ2) is 4.75. The zero-order valence-corrected chi connectivity index (χ0v) is 11.4. The van der Waals surface area contributed by atoms with Crippen LogP contribution in [-0.4, -0.2) is 31.0 Å². The summed E-state index contributed by atoms with van der Waals surface area (Å²) >= 11 is 0. The molecule has 1 aliphatic heterocycles. The average molecular weight is 238 g/mol. The maximum Gasteiger partial charge on any atom is 0.486 e. The van der Waals surface area contributed by atoms with Gasteiger partial charge in [-0.1, -0.05) is 12.1 Å². The monoisotopic (exact) mass is 238 g/mol. The lowest BCUT2D eigenvalue weighted by molar-refractivity contribution is 0.00578. The molecule has 1 saturated heterocycles. The largest absolute Gasteiger partial charge is 0.486 e. The standard InChI is InChI=1S/C13H23BO3/c1-12(2)13(3,4)17-14(16-12)9-6-10-15-11-7-5-8-11/h6,9,11H,5,7-8,10H2,1-4H3/b9-6+. The summed E-state index contributed by atoms with van der Waals surface area (Å²) in [5, 5.41) is 0. The molecule has 4 heteroatoms. The van der Waals surface area contributed by atoms with E-state index in [-0.39, 0.29) is 18.3 Å². The second-order valence-electron chi connectivity index (χ2n) is 5.94. The molecule has 3 nitrogen and oxygen atoms in total. The Hall–Kier alpha value is -0.315. The Balaban J connectivity index is 1.74. The fourth-order valence-corrected chi connectivity index (χ4v) is 1.86. The van der Waals surface area contributed by atoms with Crippen LogP contribution in [0.4, 0.5) is 0 Å². The second-order valence-corrected chi connectivity index (χ2v) is 5.94. The molecule has 17 heavy (non-hydrogen) atoms. The van der Waals surface area contributed by atoms with Crippen LogP contribution in [0, 0.1) is 0 Å². The molecule has 2 aliphatic rings. The molecule has 0 bridgehead atoms. The van der Waals surface area contributed by atoms with Gasteiger partial charge in [0.05, 0.1) is 23.9 Å². The first-order valence-electron chi connectivity index (χ1n) is 6.55. The van der Waals surface area contributed by atoms with E-state index in [0.717, 1.165) is 0 Å². The van der Waals surface area contributed by atoms with Crippen LogP contribution >= 0.6 is 0 Å². The lowest BCUT2D eigenvalue weighted by Crippen LogP contribution is -2.41. The zero-order chi connectivity index (χ0) is 12.5. The van der Waals surface area contributed by atoms with Crippen molar-refractivity contribution < 1.29 is 14.0 Å². The van der Waals surface area contributed by atoms with Gasteiger partial charge in [0.1, 0.15) is 0 Å². The van der Waals surface area contributed by atoms with Crippen LogP contribution in [0.25, 0.3) is 0 Å². The number of hydrogen-bond acceptors (Lipinski definition) is 3. The van der Waals surface area contributed by atoms with Crippen molar-refractivity contribution in [3.8, 4) is 0 Å². The third kappa shape index (κ3) is 2.93. The van der Waals surface area contributed by atoms with E-state index in [9.17, 15) is 0 Å². The minimum atomic E-state index is -0.253. The molecular formula is C13H23BO3. The molecule has 0 aromatic heterocycles. The van der Waals surface area contributed by atoms with Gasteiger partial charge < -0.3 is 14.0 Å². The molecule has 0 atom stereocenters. The highest BCUT2D eigenvalue weighted by atomic mass is 16.7. The van der Waals surface area contributed by atoms with Crippen molar-refractivity contribution in [2.75, 3.05) is 6.61 Å². The molecule has 0 radical (unpaired) electrons. The summed E-state index contributed by atoms with van der Waals surface area (Å²) in [6.07, 6.45) is 6.22. The summed E-state index contributed by atoms with van der Waals surface area (Å²) in [5.74, 6) is 1.95. The zero-order valence-electron chi connectivity index (χ0n) is 11.4. The van der Waals surface area contributed by atoms with Crippen molar-refractivity contribution in [3.63, 3.8) is 0 Å². The van der Waals surface area contributed by atoms with Crippen molar-refractivity contribution in [1.29, 1.82) is 0 Å². The lowest BCUT2D eigenvalue weighted by atomic mass is 9.90. The molecule has 0 aromatic carbocycles. The summed E-state index contributed by atoms with van der Waals surface area (Å²) in [4.78, 5) is 0. The van der Waals surface area contributed by atoms with Gasteiger partial charge in [0.15, 0.2) is 0 Å². The van der Waals surface area contributed by atoms with Gasteiger partial charge in [-0.2, -0.15) is 0 Å². The fourth-order valence-electron chi connectivity index (χ4n) is 1.86. The van der Waals surface area contributed by atoms with Crippen LogP contribution in [0.2, 0.25) is 0 Å². The molecule has 0 amide bonds. The van der Waals surface area contributed by atoms with Gasteiger partial charge in [0.25, 0.3) is 0 Å². The van der Waals surface area contributed by atoms with Gasteiger partial charge in [-0.25, -0.2) is 0 Å². The summed E-state index contributed by atoms with van der Waals surface area (Å²) < 4.78 is 17.3. The Kier molecular flexibility index (Phi) is 3.67. The Labute approximate surface area is 105 Å². The van der Waals surface area contributed by atoms with Crippen molar-refractivity contribution in [2.24, 2.45) is 0 Å². The molecule has 2 fully saturated rings. The van der Waals surface area contributed by atoms with E-state index in [2.05, 4.69) is 27.7 Å². The Morgan fingerprint density at radius 3 is 2.24 bits per heavy atom. The first-order chi connectivity index (χ1) is 7.91. The number of hydrogen-bond donors (Lipinski definition) is 0. The first kappa shape index (κ1) is 13.1. The van der Waals surface area contributed by atoms with E-state index in [4.69, 9.17) is 14.0 Å². The highest BCUT2D eigenvalue weighted by Crippen LogP contribution is 2.36. The predicted octanol–water partition coefficient (Wildman–Crippen LogP) is 2.74. The highest BCUT2D eigenvalue weighted by molar-refractivity contribution is 6.51. The van der Waals surface area contributed by atoms with Crippen LogP contribution in [0.15, 0.2) is 12.1 Å².